The SMILES string of the molecule is O=C(c1ccccn1)N1CCN(S(=O)(=O)c2ccc(Cl)c(C(F)(F)F)c2)CC1. The molecule has 1 fully saturated rings. The Morgan fingerprint density at radius 3 is 2.32 bits per heavy atom. The summed E-state index contributed by atoms with van der Waals surface area (Å²) in [7, 11) is -4.15. The van der Waals surface area contributed by atoms with E-state index in [1.165, 1.54) is 11.1 Å². The zero-order valence-corrected chi connectivity index (χ0v) is 15.9. The number of hydrogen-bond acceptors (Lipinski definition) is 4. The van der Waals surface area contributed by atoms with E-state index in [1.807, 2.05) is 0 Å². The van der Waals surface area contributed by atoms with Crippen LogP contribution < -0.4 is 0 Å². The third-order valence-corrected chi connectivity index (χ3v) is 6.52. The Bertz CT molecular complexity index is 976. The zero-order valence-electron chi connectivity index (χ0n) is 14.4. The van der Waals surface area contributed by atoms with Crippen molar-refractivity contribution < 1.29 is 26.4 Å². The molecule has 6 nitrogen and oxygen atoms in total. The molecule has 0 atom stereocenters. The minimum atomic E-state index is -4.77. The van der Waals surface area contributed by atoms with Crippen LogP contribution in [0.1, 0.15) is 16.1 Å². The molecule has 1 saturated heterocycles. The van der Waals surface area contributed by atoms with Gasteiger partial charge in [0.1, 0.15) is 5.69 Å². The first-order valence-electron chi connectivity index (χ1n) is 8.18. The average molecular weight is 434 g/mol. The lowest BCUT2D eigenvalue weighted by Gasteiger charge is -2.33. The number of sulfonamides is 1. The Morgan fingerprint density at radius 1 is 1.07 bits per heavy atom. The number of piperazine rings is 1. The number of halogens is 4. The molecule has 0 N–H and O–H groups in total. The lowest BCUT2D eigenvalue weighted by Crippen LogP contribution is -2.50. The minimum Gasteiger partial charge on any atom is -0.335 e. The van der Waals surface area contributed by atoms with E-state index in [1.54, 1.807) is 18.2 Å². The zero-order chi connectivity index (χ0) is 20.5. The largest absolute Gasteiger partial charge is 0.417 e. The molecule has 0 aliphatic carbocycles. The van der Waals surface area contributed by atoms with Gasteiger partial charge >= 0.3 is 6.18 Å². The maximum Gasteiger partial charge on any atom is 0.417 e. The fraction of sp³-hybridized carbons (Fsp3) is 0.294. The molecule has 150 valence electrons. The molecule has 0 unspecified atom stereocenters. The highest BCUT2D eigenvalue weighted by atomic mass is 35.5. The van der Waals surface area contributed by atoms with Crippen LogP contribution in [0.3, 0.4) is 0 Å². The minimum absolute atomic E-state index is 0.0368. The summed E-state index contributed by atoms with van der Waals surface area (Å²) in [6.07, 6.45) is -3.29. The molecule has 0 spiro atoms. The van der Waals surface area contributed by atoms with Gasteiger partial charge in [0.25, 0.3) is 5.91 Å². The van der Waals surface area contributed by atoms with Gasteiger partial charge in [0.05, 0.1) is 15.5 Å². The summed E-state index contributed by atoms with van der Waals surface area (Å²) in [5.41, 5.74) is -0.967. The molecular formula is C17H15ClF3N3O3S. The quantitative estimate of drug-likeness (QED) is 0.746. The highest BCUT2D eigenvalue weighted by Crippen LogP contribution is 2.36. The van der Waals surface area contributed by atoms with Crippen molar-refractivity contribution in [2.75, 3.05) is 26.2 Å². The number of pyridine rings is 1. The summed E-state index contributed by atoms with van der Waals surface area (Å²) in [6.45, 7) is 0.137. The molecule has 1 aliphatic rings. The second kappa shape index (κ2) is 7.69. The molecule has 0 saturated carbocycles. The van der Waals surface area contributed by atoms with E-state index in [0.29, 0.717) is 6.07 Å². The molecule has 1 amide bonds. The molecule has 28 heavy (non-hydrogen) atoms. The summed E-state index contributed by atoms with van der Waals surface area (Å²) in [5, 5.41) is -0.572. The van der Waals surface area contributed by atoms with Gasteiger partial charge < -0.3 is 4.90 Å². The predicted octanol–water partition coefficient (Wildman–Crippen LogP) is 2.90. The van der Waals surface area contributed by atoms with Crippen LogP contribution in [0.4, 0.5) is 13.2 Å². The van der Waals surface area contributed by atoms with Gasteiger partial charge in [-0.05, 0) is 30.3 Å². The van der Waals surface area contributed by atoms with Crippen LogP contribution in [0.25, 0.3) is 0 Å². The number of carbonyl (C=O) groups excluding carboxylic acids is 1. The second-order valence-corrected chi connectivity index (χ2v) is 8.40. The molecule has 1 aromatic heterocycles. The predicted molar refractivity (Wildman–Crippen MR) is 95.4 cm³/mol. The summed E-state index contributed by atoms with van der Waals surface area (Å²) in [5.74, 6) is -0.330. The smallest absolute Gasteiger partial charge is 0.335 e. The number of rotatable bonds is 3. The fourth-order valence-electron chi connectivity index (χ4n) is 2.81. The summed E-state index contributed by atoms with van der Waals surface area (Å²) < 4.78 is 65.6. The molecule has 2 heterocycles. The van der Waals surface area contributed by atoms with Crippen molar-refractivity contribution in [3.05, 3.63) is 58.9 Å². The fourth-order valence-corrected chi connectivity index (χ4v) is 4.49. The van der Waals surface area contributed by atoms with E-state index < -0.39 is 31.7 Å². The molecular weight excluding hydrogens is 419 g/mol. The van der Waals surface area contributed by atoms with Crippen molar-refractivity contribution in [2.45, 2.75) is 11.1 Å². The Labute approximate surface area is 164 Å². The summed E-state index contributed by atoms with van der Waals surface area (Å²) >= 11 is 5.55. The maximum atomic E-state index is 13.0. The van der Waals surface area contributed by atoms with Crippen molar-refractivity contribution in [2.24, 2.45) is 0 Å². The number of amides is 1. The van der Waals surface area contributed by atoms with Crippen molar-refractivity contribution in [1.82, 2.24) is 14.2 Å². The third kappa shape index (κ3) is 4.13. The van der Waals surface area contributed by atoms with Gasteiger partial charge in [-0.1, -0.05) is 17.7 Å². The van der Waals surface area contributed by atoms with E-state index >= 15 is 0 Å². The van der Waals surface area contributed by atoms with Gasteiger partial charge in [-0.15, -0.1) is 0 Å². The highest BCUT2D eigenvalue weighted by Gasteiger charge is 2.36. The number of carbonyl (C=O) groups is 1. The molecule has 0 bridgehead atoms. The Morgan fingerprint density at radius 2 is 1.75 bits per heavy atom. The van der Waals surface area contributed by atoms with E-state index in [9.17, 15) is 26.4 Å². The second-order valence-electron chi connectivity index (χ2n) is 6.05. The summed E-state index contributed by atoms with van der Waals surface area (Å²) in [4.78, 5) is 17.3. The van der Waals surface area contributed by atoms with Crippen LogP contribution in [0.15, 0.2) is 47.5 Å². The normalized spacial score (nSPS) is 16.2. The molecule has 3 rings (SSSR count). The van der Waals surface area contributed by atoms with Gasteiger partial charge in [-0.2, -0.15) is 17.5 Å². The van der Waals surface area contributed by atoms with E-state index in [2.05, 4.69) is 4.98 Å². The van der Waals surface area contributed by atoms with Crippen LogP contribution in [-0.2, 0) is 16.2 Å². The van der Waals surface area contributed by atoms with Crippen LogP contribution in [0.2, 0.25) is 5.02 Å². The first kappa shape index (κ1) is 20.6. The Hall–Kier alpha value is -2.17. The third-order valence-electron chi connectivity index (χ3n) is 4.29. The van der Waals surface area contributed by atoms with Crippen LogP contribution in [0.5, 0.6) is 0 Å². The van der Waals surface area contributed by atoms with Gasteiger partial charge in [0.2, 0.25) is 10.0 Å². The molecule has 11 heteroatoms. The van der Waals surface area contributed by atoms with Crippen molar-refractivity contribution in [3.8, 4) is 0 Å². The van der Waals surface area contributed by atoms with Crippen LogP contribution in [-0.4, -0.2) is 54.7 Å². The number of nitrogens with zero attached hydrogens (tertiary/aromatic N) is 3. The molecule has 0 radical (unpaired) electrons. The number of hydrogen-bond donors (Lipinski definition) is 0. The van der Waals surface area contributed by atoms with Gasteiger partial charge in [-0.25, -0.2) is 8.42 Å². The van der Waals surface area contributed by atoms with Crippen molar-refractivity contribution >= 4 is 27.5 Å². The highest BCUT2D eigenvalue weighted by molar-refractivity contribution is 7.89. The van der Waals surface area contributed by atoms with Gasteiger partial charge in [-0.3, -0.25) is 9.78 Å². The lowest BCUT2D eigenvalue weighted by atomic mass is 10.2. The first-order chi connectivity index (χ1) is 13.1. The number of alkyl halides is 3. The first-order valence-corrected chi connectivity index (χ1v) is 10.00. The molecule has 1 aliphatic heterocycles. The van der Waals surface area contributed by atoms with E-state index in [4.69, 9.17) is 11.6 Å². The Kier molecular flexibility index (Phi) is 5.64. The Balaban J connectivity index is 1.76. The molecule has 1 aromatic carbocycles. The number of benzene rings is 1. The monoisotopic (exact) mass is 433 g/mol. The van der Waals surface area contributed by atoms with E-state index in [-0.39, 0.29) is 37.8 Å². The number of aromatic nitrogens is 1. The standard InChI is InChI=1S/C17H15ClF3N3O3S/c18-14-5-4-12(11-13(14)17(19,20)21)28(26,27)24-9-7-23(8-10-24)16(25)15-3-1-2-6-22-15/h1-6,11H,7-10H2. The summed E-state index contributed by atoms with van der Waals surface area (Å²) in [6, 6.07) is 7.37. The van der Waals surface area contributed by atoms with E-state index in [0.717, 1.165) is 16.4 Å². The maximum absolute atomic E-state index is 13.0. The van der Waals surface area contributed by atoms with Gasteiger partial charge in [0.15, 0.2) is 0 Å². The molecule has 2 aromatic rings. The van der Waals surface area contributed by atoms with Crippen LogP contribution in [0, 0.1) is 0 Å². The van der Waals surface area contributed by atoms with Crippen LogP contribution >= 0.6 is 11.6 Å². The van der Waals surface area contributed by atoms with Gasteiger partial charge in [0, 0.05) is 32.4 Å². The topological polar surface area (TPSA) is 70.6 Å². The van der Waals surface area contributed by atoms with Crippen molar-refractivity contribution in [3.63, 3.8) is 0 Å². The average Bonchev–Trinajstić information content (AvgIpc) is 2.67. The lowest BCUT2D eigenvalue weighted by molar-refractivity contribution is -0.137. The van der Waals surface area contributed by atoms with Crippen molar-refractivity contribution in [1.29, 1.82) is 0 Å².